The Balaban J connectivity index is -0.00000108. The number of hydrogen-bond donors (Lipinski definition) is 1. The van der Waals surface area contributed by atoms with Gasteiger partial charge >= 0.3 is 0 Å². The predicted octanol–water partition coefficient (Wildman–Crippen LogP) is 16.9. The first-order valence-electron chi connectivity index (χ1n) is 26.0. The van der Waals surface area contributed by atoms with E-state index in [0.717, 1.165) is 108 Å². The lowest BCUT2D eigenvalue weighted by Crippen LogP contribution is -2.32. The molecule has 0 radical (unpaired) electrons. The van der Waals surface area contributed by atoms with Crippen molar-refractivity contribution in [2.24, 2.45) is 35.5 Å². The molecule has 1 saturated carbocycles. The Morgan fingerprint density at radius 3 is 2.06 bits per heavy atom. The topological polar surface area (TPSA) is 38.8 Å². The molecule has 7 heteroatoms. The number of benzene rings is 1. The van der Waals surface area contributed by atoms with E-state index in [0.29, 0.717) is 12.5 Å². The Kier molecular flexibility index (Phi) is 44.0. The van der Waals surface area contributed by atoms with Gasteiger partial charge in [-0.2, -0.15) is 11.8 Å². The van der Waals surface area contributed by atoms with Crippen LogP contribution in [-0.2, 0) is 11.2 Å². The molecule has 2 rings (SSSR count). The van der Waals surface area contributed by atoms with Crippen molar-refractivity contribution >= 4 is 35.3 Å². The summed E-state index contributed by atoms with van der Waals surface area (Å²) in [4.78, 5) is 17.3. The molecular weight excluding hydrogens is 860 g/mol. The maximum Gasteiger partial charge on any atom is 0.121 e. The first-order valence-corrected chi connectivity index (χ1v) is 27.4. The average Bonchev–Trinajstić information content (AvgIpc) is 3.34. The van der Waals surface area contributed by atoms with E-state index in [4.69, 9.17) is 11.6 Å². The molecule has 0 amide bonds. The van der Waals surface area contributed by atoms with Gasteiger partial charge in [0.05, 0.1) is 16.0 Å². The largest absolute Gasteiger partial charge is 0.381 e. The van der Waals surface area contributed by atoms with Gasteiger partial charge in [0, 0.05) is 59.4 Å². The standard InChI is InChI=1S/C32H53ClN2.C18H31NOS.C6H13N.C2H6.C2H4/c1-11-13-17-24(4)26(6)27(7)29(12-2)22-30(34-8)18-15-14-16-23(3)19-28-20-25(5)32(33)31(21-28)35(9)10;1-5-13-21-18(11-12-20)15(3)19(4)14-17-9-7-16(6-2)8-10-17;1-4-6-7(3)5-2;2*1-2/h11,14-16,20-21,24,26-27,29-30,34H,1,12-13,17-19,22H2,2-10H3;6,12,16-18H,2-3,5,7-11,13-14H2,1,4H3;5H,2,4,6H2,1,3H3;1-2H3;1-2H2/b15-14+,23-16+;;;;/t24?,26?,27-,29?,30?;;;;/m0..../s1. The van der Waals surface area contributed by atoms with E-state index < -0.39 is 0 Å². The zero-order valence-electron chi connectivity index (χ0n) is 46.4. The normalized spacial score (nSPS) is 17.0. The fourth-order valence-electron chi connectivity index (χ4n) is 8.60. The zero-order chi connectivity index (χ0) is 51.9. The molecule has 0 aromatic heterocycles. The minimum absolute atomic E-state index is 0.247. The monoisotopic (exact) mass is 967 g/mol. The van der Waals surface area contributed by atoms with Gasteiger partial charge in [-0.3, -0.25) is 0 Å². The van der Waals surface area contributed by atoms with Crippen molar-refractivity contribution in [3.8, 4) is 0 Å². The molecule has 0 aliphatic heterocycles. The van der Waals surface area contributed by atoms with Crippen LogP contribution < -0.4 is 10.2 Å². The minimum atomic E-state index is 0.247. The maximum atomic E-state index is 10.9. The summed E-state index contributed by atoms with van der Waals surface area (Å²) in [5.74, 6) is 5.54. The SMILES string of the molecule is C=C.C=CC1CCC(CN(C)C(=C)C(CC=O)SCCC)CC1.C=CCCC(C)C(C)[C@H](C)C(CC)CC(C/C=C/C=C(\C)Cc1cc(C)c(Cl)c(N(C)C)c1)NC.C=CN(C)CCC.CC. The number of thioether (sulfide) groups is 1. The van der Waals surface area contributed by atoms with Crippen LogP contribution in [0.1, 0.15) is 150 Å². The highest BCUT2D eigenvalue weighted by molar-refractivity contribution is 8.00. The van der Waals surface area contributed by atoms with Crippen molar-refractivity contribution in [1.82, 2.24) is 15.1 Å². The minimum Gasteiger partial charge on any atom is -0.381 e. The van der Waals surface area contributed by atoms with Gasteiger partial charge in [-0.1, -0.05) is 129 Å². The molecule has 1 aromatic carbocycles. The Hall–Kier alpha value is -2.93. The summed E-state index contributed by atoms with van der Waals surface area (Å²) in [6.45, 7) is 46.2. The van der Waals surface area contributed by atoms with Crippen LogP contribution in [0.25, 0.3) is 0 Å². The number of halogens is 1. The molecule has 0 heterocycles. The van der Waals surface area contributed by atoms with Gasteiger partial charge < -0.3 is 24.8 Å². The van der Waals surface area contributed by atoms with Gasteiger partial charge in [0.15, 0.2) is 0 Å². The lowest BCUT2D eigenvalue weighted by molar-refractivity contribution is -0.107. The first-order chi connectivity index (χ1) is 32.0. The number of nitrogens with zero attached hydrogens (tertiary/aromatic N) is 3. The summed E-state index contributed by atoms with van der Waals surface area (Å²) < 4.78 is 0. The van der Waals surface area contributed by atoms with Crippen molar-refractivity contribution in [3.63, 3.8) is 0 Å². The molecular formula is C60H107ClN4OS. The lowest BCUT2D eigenvalue weighted by Gasteiger charge is -2.34. The number of hydrogen-bond acceptors (Lipinski definition) is 6. The second-order valence-corrected chi connectivity index (χ2v) is 20.4. The van der Waals surface area contributed by atoms with Gasteiger partial charge in [-0.25, -0.2) is 0 Å². The molecule has 1 N–H and O–H groups in total. The van der Waals surface area contributed by atoms with Crippen LogP contribution in [0.3, 0.4) is 0 Å². The lowest BCUT2D eigenvalue weighted by atomic mass is 9.73. The van der Waals surface area contributed by atoms with E-state index in [2.05, 4.69) is 171 Å². The third-order valence-electron chi connectivity index (χ3n) is 13.4. The van der Waals surface area contributed by atoms with Gasteiger partial charge in [0.1, 0.15) is 6.29 Å². The molecule has 1 fully saturated rings. The van der Waals surface area contributed by atoms with Crippen molar-refractivity contribution < 1.29 is 4.79 Å². The van der Waals surface area contributed by atoms with Crippen LogP contribution in [0.2, 0.25) is 5.02 Å². The molecule has 1 aliphatic carbocycles. The number of allylic oxidation sites excluding steroid dienone is 5. The summed E-state index contributed by atoms with van der Waals surface area (Å²) in [6.07, 6.45) is 28.8. The Labute approximate surface area is 427 Å². The zero-order valence-corrected chi connectivity index (χ0v) is 48.0. The molecule has 1 aliphatic rings. The van der Waals surface area contributed by atoms with E-state index >= 15 is 0 Å². The summed E-state index contributed by atoms with van der Waals surface area (Å²) in [7, 11) is 10.4. The number of rotatable bonds is 29. The number of aldehydes is 1. The fourth-order valence-corrected chi connectivity index (χ4v) is 9.98. The van der Waals surface area contributed by atoms with Crippen LogP contribution in [0.5, 0.6) is 0 Å². The van der Waals surface area contributed by atoms with E-state index in [1.165, 1.54) is 62.5 Å². The van der Waals surface area contributed by atoms with Gasteiger partial charge in [-0.15, -0.1) is 26.3 Å². The molecule has 5 nitrogen and oxygen atoms in total. The smallest absolute Gasteiger partial charge is 0.121 e. The van der Waals surface area contributed by atoms with Crippen LogP contribution in [0.4, 0.5) is 5.69 Å². The second kappa shape index (κ2) is 43.1. The van der Waals surface area contributed by atoms with Crippen molar-refractivity contribution in [3.05, 3.63) is 116 Å². The molecule has 5 unspecified atom stereocenters. The number of carbonyl (C=O) groups excluding carboxylic acids is 1. The predicted molar refractivity (Wildman–Crippen MR) is 310 cm³/mol. The fraction of sp³-hybridized carbons (Fsp3) is 0.650. The van der Waals surface area contributed by atoms with E-state index in [1.807, 2.05) is 53.0 Å². The third-order valence-corrected chi connectivity index (χ3v) is 15.4. The molecule has 6 atom stereocenters. The molecule has 67 heavy (non-hydrogen) atoms. The Morgan fingerprint density at radius 2 is 1.58 bits per heavy atom. The van der Waals surface area contributed by atoms with Crippen molar-refractivity contribution in [2.45, 2.75) is 164 Å². The number of carbonyl (C=O) groups is 1. The summed E-state index contributed by atoms with van der Waals surface area (Å²) >= 11 is 8.35. The van der Waals surface area contributed by atoms with Crippen LogP contribution in [0, 0.1) is 42.4 Å². The van der Waals surface area contributed by atoms with Crippen molar-refractivity contribution in [1.29, 1.82) is 0 Å². The average molecular weight is 968 g/mol. The van der Waals surface area contributed by atoms with Gasteiger partial charge in [0.25, 0.3) is 0 Å². The van der Waals surface area contributed by atoms with E-state index in [9.17, 15) is 4.79 Å². The summed E-state index contributed by atoms with van der Waals surface area (Å²) in [6, 6.07) is 4.93. The van der Waals surface area contributed by atoms with E-state index in [1.54, 1.807) is 0 Å². The molecule has 0 bridgehead atoms. The van der Waals surface area contributed by atoms with Crippen LogP contribution in [-0.4, -0.2) is 81.5 Å². The number of nitrogens with one attached hydrogen (secondary N) is 1. The van der Waals surface area contributed by atoms with Crippen molar-refractivity contribution in [2.75, 3.05) is 59.0 Å². The highest BCUT2D eigenvalue weighted by Crippen LogP contribution is 2.35. The molecule has 0 saturated heterocycles. The first kappa shape index (κ1) is 68.3. The number of anilines is 1. The molecule has 0 spiro atoms. The quantitative estimate of drug-likeness (QED) is 0.0490. The van der Waals surface area contributed by atoms with Gasteiger partial charge in [-0.05, 0) is 156 Å². The summed E-state index contributed by atoms with van der Waals surface area (Å²) in [5.41, 5.74) is 6.01. The summed E-state index contributed by atoms with van der Waals surface area (Å²) in [5, 5.41) is 4.67. The maximum absolute atomic E-state index is 10.9. The molecule has 386 valence electrons. The van der Waals surface area contributed by atoms with E-state index in [-0.39, 0.29) is 5.25 Å². The molecule has 1 aromatic rings. The Morgan fingerprint density at radius 1 is 0.955 bits per heavy atom. The number of aryl methyl sites for hydroxylation is 1. The third kappa shape index (κ3) is 30.3. The highest BCUT2D eigenvalue weighted by Gasteiger charge is 2.27. The van der Waals surface area contributed by atoms with Crippen LogP contribution in [0.15, 0.2) is 99.5 Å². The van der Waals surface area contributed by atoms with Gasteiger partial charge in [0.2, 0.25) is 0 Å². The Bertz CT molecular complexity index is 1500. The van der Waals surface area contributed by atoms with Crippen LogP contribution >= 0.6 is 23.4 Å². The second-order valence-electron chi connectivity index (χ2n) is 18.8. The highest BCUT2D eigenvalue weighted by atomic mass is 35.5.